The molecule has 0 amide bonds. The second-order valence-electron chi connectivity index (χ2n) is 5.05. The molecule has 3 heterocycles. The van der Waals surface area contributed by atoms with Crippen LogP contribution in [0.15, 0.2) is 41.4 Å². The number of anilines is 2. The molecule has 3 aromatic heterocycles. The van der Waals surface area contributed by atoms with Gasteiger partial charge in [0, 0.05) is 18.0 Å². The lowest BCUT2D eigenvalue weighted by atomic mass is 10.2. The highest BCUT2D eigenvalue weighted by Crippen LogP contribution is 2.15. The minimum atomic E-state index is 0.481. The predicted molar refractivity (Wildman–Crippen MR) is 91.4 cm³/mol. The minimum Gasteiger partial charge on any atom is -0.361 e. The van der Waals surface area contributed by atoms with Crippen molar-refractivity contribution in [3.8, 4) is 0 Å². The molecule has 0 saturated heterocycles. The fourth-order valence-corrected chi connectivity index (χ4v) is 2.37. The molecule has 0 atom stereocenters. The van der Waals surface area contributed by atoms with Crippen LogP contribution in [0.4, 0.5) is 11.4 Å². The number of nitrogens with one attached hydrogen (secondary N) is 2. The molecule has 3 rings (SSSR count). The summed E-state index contributed by atoms with van der Waals surface area (Å²) in [6, 6.07) is 3.73. The standard InChI is InChI=1S/C15H16N6OS/c1-10-14(11(2)22-20-10)9-21-8-13(7-17-21)19-15(23)18-12-4-3-5-16-6-12/h3-8H,9H2,1-2H3,(H2,18,19,23). The fraction of sp³-hybridized carbons (Fsp3) is 0.200. The van der Waals surface area contributed by atoms with E-state index in [1.54, 1.807) is 18.6 Å². The van der Waals surface area contributed by atoms with E-state index in [1.807, 2.05) is 36.9 Å². The van der Waals surface area contributed by atoms with Crippen LogP contribution in [0.3, 0.4) is 0 Å². The van der Waals surface area contributed by atoms with Crippen molar-refractivity contribution >= 4 is 28.7 Å². The molecule has 0 aliphatic carbocycles. The molecule has 0 radical (unpaired) electrons. The summed E-state index contributed by atoms with van der Waals surface area (Å²) in [5, 5.41) is 14.9. The second-order valence-corrected chi connectivity index (χ2v) is 5.46. The SMILES string of the molecule is Cc1noc(C)c1Cn1cc(NC(=S)Nc2cccnc2)cn1. The largest absolute Gasteiger partial charge is 0.361 e. The Morgan fingerprint density at radius 2 is 2.09 bits per heavy atom. The maximum absolute atomic E-state index is 5.27. The molecule has 0 spiro atoms. The van der Waals surface area contributed by atoms with Crippen LogP contribution in [0.25, 0.3) is 0 Å². The summed E-state index contributed by atoms with van der Waals surface area (Å²) in [6.07, 6.45) is 7.01. The van der Waals surface area contributed by atoms with E-state index >= 15 is 0 Å². The molecule has 0 saturated carbocycles. The fourth-order valence-electron chi connectivity index (χ4n) is 2.13. The van der Waals surface area contributed by atoms with Gasteiger partial charge in [-0.05, 0) is 38.2 Å². The molecule has 118 valence electrons. The Kier molecular flexibility index (Phi) is 4.33. The lowest BCUT2D eigenvalue weighted by Gasteiger charge is -2.08. The average Bonchev–Trinajstić information content (AvgIpc) is 3.10. The van der Waals surface area contributed by atoms with Crippen LogP contribution in [0.1, 0.15) is 17.0 Å². The first kappa shape index (κ1) is 15.2. The Balaban J connectivity index is 1.62. The summed E-state index contributed by atoms with van der Waals surface area (Å²) in [7, 11) is 0. The van der Waals surface area contributed by atoms with Gasteiger partial charge in [-0.1, -0.05) is 5.16 Å². The third-order valence-electron chi connectivity index (χ3n) is 3.31. The van der Waals surface area contributed by atoms with Gasteiger partial charge in [-0.2, -0.15) is 5.10 Å². The summed E-state index contributed by atoms with van der Waals surface area (Å²) in [5.74, 6) is 0.807. The molecule has 0 fully saturated rings. The maximum Gasteiger partial charge on any atom is 0.175 e. The molecule has 2 N–H and O–H groups in total. The first-order chi connectivity index (χ1) is 11.1. The highest BCUT2D eigenvalue weighted by atomic mass is 32.1. The van der Waals surface area contributed by atoms with E-state index in [-0.39, 0.29) is 0 Å². The normalized spacial score (nSPS) is 10.5. The van der Waals surface area contributed by atoms with Crippen LogP contribution in [0.2, 0.25) is 0 Å². The first-order valence-corrected chi connectivity index (χ1v) is 7.45. The van der Waals surface area contributed by atoms with Gasteiger partial charge in [-0.3, -0.25) is 9.67 Å². The van der Waals surface area contributed by atoms with Crippen molar-refractivity contribution in [3.63, 3.8) is 0 Å². The second kappa shape index (κ2) is 6.57. The van der Waals surface area contributed by atoms with Crippen molar-refractivity contribution < 1.29 is 4.52 Å². The predicted octanol–water partition coefficient (Wildman–Crippen LogP) is 2.74. The van der Waals surface area contributed by atoms with Crippen molar-refractivity contribution in [1.29, 1.82) is 0 Å². The van der Waals surface area contributed by atoms with E-state index in [0.29, 0.717) is 11.7 Å². The van der Waals surface area contributed by atoms with E-state index < -0.39 is 0 Å². The number of hydrogen-bond donors (Lipinski definition) is 2. The van der Waals surface area contributed by atoms with E-state index in [1.165, 1.54) is 0 Å². The number of rotatable bonds is 4. The first-order valence-electron chi connectivity index (χ1n) is 7.04. The van der Waals surface area contributed by atoms with Crippen LogP contribution < -0.4 is 10.6 Å². The van der Waals surface area contributed by atoms with E-state index in [0.717, 1.165) is 28.4 Å². The molecule has 3 aromatic rings. The molecular weight excluding hydrogens is 312 g/mol. The van der Waals surface area contributed by atoms with Crippen LogP contribution >= 0.6 is 12.2 Å². The Morgan fingerprint density at radius 3 is 2.78 bits per heavy atom. The summed E-state index contributed by atoms with van der Waals surface area (Å²) >= 11 is 5.27. The van der Waals surface area contributed by atoms with Gasteiger partial charge in [0.2, 0.25) is 0 Å². The van der Waals surface area contributed by atoms with Crippen LogP contribution in [0.5, 0.6) is 0 Å². The highest BCUT2D eigenvalue weighted by molar-refractivity contribution is 7.80. The zero-order valence-electron chi connectivity index (χ0n) is 12.8. The Labute approximate surface area is 138 Å². The van der Waals surface area contributed by atoms with Gasteiger partial charge in [0.25, 0.3) is 0 Å². The summed E-state index contributed by atoms with van der Waals surface area (Å²) < 4.78 is 6.97. The highest BCUT2D eigenvalue weighted by Gasteiger charge is 2.10. The van der Waals surface area contributed by atoms with E-state index in [4.69, 9.17) is 16.7 Å². The Morgan fingerprint density at radius 1 is 1.26 bits per heavy atom. The summed E-state index contributed by atoms with van der Waals surface area (Å²) in [6.45, 7) is 4.41. The molecule has 23 heavy (non-hydrogen) atoms. The van der Waals surface area contributed by atoms with Crippen molar-refractivity contribution in [2.24, 2.45) is 0 Å². The summed E-state index contributed by atoms with van der Waals surface area (Å²) in [4.78, 5) is 4.03. The number of hydrogen-bond acceptors (Lipinski definition) is 5. The minimum absolute atomic E-state index is 0.481. The van der Waals surface area contributed by atoms with Gasteiger partial charge in [-0.25, -0.2) is 0 Å². The van der Waals surface area contributed by atoms with Gasteiger partial charge in [0.1, 0.15) is 5.76 Å². The van der Waals surface area contributed by atoms with Crippen LogP contribution in [0, 0.1) is 13.8 Å². The molecule has 0 unspecified atom stereocenters. The third kappa shape index (κ3) is 3.72. The van der Waals surface area contributed by atoms with E-state index in [2.05, 4.69) is 25.9 Å². The smallest absolute Gasteiger partial charge is 0.175 e. The number of aromatic nitrogens is 4. The Hall–Kier alpha value is -2.74. The van der Waals surface area contributed by atoms with Gasteiger partial charge in [-0.15, -0.1) is 0 Å². The zero-order chi connectivity index (χ0) is 16.2. The molecule has 8 heteroatoms. The summed E-state index contributed by atoms with van der Waals surface area (Å²) in [5.41, 5.74) is 3.54. The monoisotopic (exact) mass is 328 g/mol. The molecular formula is C15H16N6OS. The molecule has 7 nitrogen and oxygen atoms in total. The van der Waals surface area contributed by atoms with Crippen LogP contribution in [-0.2, 0) is 6.54 Å². The molecule has 0 aliphatic heterocycles. The van der Waals surface area contributed by atoms with Gasteiger partial charge >= 0.3 is 0 Å². The van der Waals surface area contributed by atoms with Gasteiger partial charge in [0.15, 0.2) is 5.11 Å². The maximum atomic E-state index is 5.27. The van der Waals surface area contributed by atoms with Crippen molar-refractivity contribution in [3.05, 3.63) is 53.9 Å². The lowest BCUT2D eigenvalue weighted by Crippen LogP contribution is -2.18. The molecule has 0 aliphatic rings. The van der Waals surface area contributed by atoms with Crippen LogP contribution in [-0.4, -0.2) is 25.0 Å². The topological polar surface area (TPSA) is 80.8 Å². The van der Waals surface area contributed by atoms with E-state index in [9.17, 15) is 0 Å². The third-order valence-corrected chi connectivity index (χ3v) is 3.52. The number of nitrogens with zero attached hydrogens (tertiary/aromatic N) is 4. The quantitative estimate of drug-likeness (QED) is 0.713. The van der Waals surface area contributed by atoms with Gasteiger partial charge in [0.05, 0.1) is 36.0 Å². The van der Waals surface area contributed by atoms with Crippen molar-refractivity contribution in [2.75, 3.05) is 10.6 Å². The zero-order valence-corrected chi connectivity index (χ0v) is 13.6. The molecule has 0 aromatic carbocycles. The lowest BCUT2D eigenvalue weighted by molar-refractivity contribution is 0.391. The average molecular weight is 328 g/mol. The number of thiocarbonyl (C=S) groups is 1. The molecule has 0 bridgehead atoms. The Bertz CT molecular complexity index is 791. The number of aryl methyl sites for hydroxylation is 2. The van der Waals surface area contributed by atoms with Crippen molar-refractivity contribution in [1.82, 2.24) is 19.9 Å². The van der Waals surface area contributed by atoms with Gasteiger partial charge < -0.3 is 15.2 Å². The number of pyridine rings is 1. The van der Waals surface area contributed by atoms with Crippen molar-refractivity contribution in [2.45, 2.75) is 20.4 Å².